The molecule has 3 heterocycles. The molecule has 3 N–H and O–H groups in total. The summed E-state index contributed by atoms with van der Waals surface area (Å²) in [6.45, 7) is 0.0692. The van der Waals surface area contributed by atoms with Crippen molar-refractivity contribution in [2.75, 3.05) is 32.3 Å². The van der Waals surface area contributed by atoms with Crippen LogP contribution in [0, 0.1) is 0 Å². The number of carboxylic acids is 1. The van der Waals surface area contributed by atoms with Gasteiger partial charge in [-0.05, 0) is 5.57 Å². The standard InChI is InChI=1S/C15H17N5O6S2.Na/c1-25-3-6-4-27-13-9(12(22)20(13)10(6)14(23)24)18-11(21)8(19-26-2)7-5-28-15(16)17-7;/h5,9,13H,3-4H2,1-2H3,(H2,16,17)(H,18,21)(H,23,24);/q;+1/p-1/t9-,13-;/m1./s1. The van der Waals surface area contributed by atoms with Gasteiger partial charge in [-0.1, -0.05) is 5.16 Å². The number of fused-ring (bicyclic) bond motifs is 1. The Hall–Kier alpha value is -1.64. The molecule has 29 heavy (non-hydrogen) atoms. The molecule has 0 bridgehead atoms. The normalized spacial score (nSPS) is 21.1. The van der Waals surface area contributed by atoms with E-state index in [-0.39, 0.29) is 58.4 Å². The molecule has 2 amide bonds. The minimum atomic E-state index is -1.46. The van der Waals surface area contributed by atoms with Crippen LogP contribution in [0.2, 0.25) is 0 Å². The number of β-lactam (4-membered cyclic amide) rings is 1. The van der Waals surface area contributed by atoms with E-state index < -0.39 is 29.2 Å². The fourth-order valence-corrected chi connectivity index (χ4v) is 4.73. The van der Waals surface area contributed by atoms with Gasteiger partial charge in [0.15, 0.2) is 10.8 Å². The minimum Gasteiger partial charge on any atom is -0.543 e. The number of nitrogens with one attached hydrogen (secondary N) is 1. The van der Waals surface area contributed by atoms with E-state index in [2.05, 4.69) is 20.3 Å². The first kappa shape index (κ1) is 23.6. The number of amides is 2. The third-order valence-corrected chi connectivity index (χ3v) is 6.02. The molecule has 0 aliphatic carbocycles. The van der Waals surface area contributed by atoms with Gasteiger partial charge >= 0.3 is 29.6 Å². The Labute approximate surface area is 196 Å². The van der Waals surface area contributed by atoms with Crippen LogP contribution in [-0.2, 0) is 24.0 Å². The second-order valence-electron chi connectivity index (χ2n) is 5.73. The molecule has 2 aliphatic rings. The quantitative estimate of drug-likeness (QED) is 0.180. The van der Waals surface area contributed by atoms with E-state index in [1.54, 1.807) is 0 Å². The number of ether oxygens (including phenoxy) is 1. The van der Waals surface area contributed by atoms with Crippen molar-refractivity contribution < 1.29 is 58.6 Å². The Bertz CT molecular complexity index is 888. The predicted octanol–water partition coefficient (Wildman–Crippen LogP) is -4.87. The van der Waals surface area contributed by atoms with Gasteiger partial charge in [0.2, 0.25) is 0 Å². The molecule has 1 saturated heterocycles. The van der Waals surface area contributed by atoms with Gasteiger partial charge in [0.25, 0.3) is 11.8 Å². The molecule has 0 unspecified atom stereocenters. The first-order chi connectivity index (χ1) is 13.4. The van der Waals surface area contributed by atoms with Crippen molar-refractivity contribution in [3.05, 3.63) is 22.3 Å². The van der Waals surface area contributed by atoms with Crippen molar-refractivity contribution in [1.29, 1.82) is 0 Å². The molecule has 1 aromatic heterocycles. The number of methoxy groups -OCH3 is 1. The smallest absolute Gasteiger partial charge is 0.543 e. The number of carbonyl (C=O) groups excluding carboxylic acids is 3. The monoisotopic (exact) mass is 449 g/mol. The topological polar surface area (TPSA) is 159 Å². The number of aliphatic carboxylic acids is 1. The zero-order valence-corrected chi connectivity index (χ0v) is 19.5. The maximum atomic E-state index is 12.6. The average Bonchev–Trinajstić information content (AvgIpc) is 3.09. The van der Waals surface area contributed by atoms with Gasteiger partial charge < -0.3 is 30.5 Å². The Morgan fingerprint density at radius 3 is 2.76 bits per heavy atom. The average molecular weight is 449 g/mol. The van der Waals surface area contributed by atoms with Crippen LogP contribution in [0.3, 0.4) is 0 Å². The van der Waals surface area contributed by atoms with E-state index in [1.807, 2.05) is 0 Å². The molecule has 0 aromatic carbocycles. The third kappa shape index (κ3) is 4.59. The van der Waals surface area contributed by atoms with Crippen molar-refractivity contribution in [3.63, 3.8) is 0 Å². The molecule has 0 spiro atoms. The van der Waals surface area contributed by atoms with Crippen LogP contribution >= 0.6 is 23.1 Å². The maximum Gasteiger partial charge on any atom is 1.00 e. The number of oxime groups is 1. The van der Waals surface area contributed by atoms with Crippen LogP contribution in [-0.4, -0.2) is 71.4 Å². The summed E-state index contributed by atoms with van der Waals surface area (Å²) in [5, 5.41) is 18.9. The second kappa shape index (κ2) is 9.91. The minimum absolute atomic E-state index is 0. The summed E-state index contributed by atoms with van der Waals surface area (Å²) in [6, 6.07) is -0.922. The fourth-order valence-electron chi connectivity index (χ4n) is 2.86. The number of thioether (sulfide) groups is 1. The van der Waals surface area contributed by atoms with Crippen molar-refractivity contribution in [3.8, 4) is 0 Å². The van der Waals surface area contributed by atoms with Gasteiger partial charge in [-0.3, -0.25) is 14.5 Å². The van der Waals surface area contributed by atoms with Gasteiger partial charge in [-0.15, -0.1) is 23.1 Å². The van der Waals surface area contributed by atoms with Gasteiger partial charge in [0, 0.05) is 18.2 Å². The Morgan fingerprint density at radius 2 is 2.21 bits per heavy atom. The van der Waals surface area contributed by atoms with Crippen molar-refractivity contribution >= 4 is 51.7 Å². The van der Waals surface area contributed by atoms with Crippen LogP contribution in [0.5, 0.6) is 0 Å². The van der Waals surface area contributed by atoms with Gasteiger partial charge in [0.1, 0.15) is 24.2 Å². The molecule has 1 fully saturated rings. The number of hydrogen-bond acceptors (Lipinski definition) is 11. The second-order valence-corrected chi connectivity index (χ2v) is 7.72. The number of rotatable bonds is 7. The molecule has 3 rings (SSSR count). The number of carbonyl (C=O) groups is 3. The summed E-state index contributed by atoms with van der Waals surface area (Å²) >= 11 is 2.44. The van der Waals surface area contributed by atoms with Crippen LogP contribution in [0.4, 0.5) is 5.13 Å². The zero-order valence-electron chi connectivity index (χ0n) is 15.8. The Kier molecular flexibility index (Phi) is 8.08. The number of aromatic nitrogens is 1. The first-order valence-electron chi connectivity index (χ1n) is 7.89. The van der Waals surface area contributed by atoms with Gasteiger partial charge in [0.05, 0.1) is 18.3 Å². The number of nitrogens with zero attached hydrogens (tertiary/aromatic N) is 3. The molecule has 150 valence electrons. The fraction of sp³-hybridized carbons (Fsp3) is 0.400. The summed E-state index contributed by atoms with van der Waals surface area (Å²) in [5.74, 6) is -2.38. The van der Waals surface area contributed by atoms with Crippen LogP contribution in [0.15, 0.2) is 21.8 Å². The number of nitrogen functional groups attached to an aromatic ring is 1. The summed E-state index contributed by atoms with van der Waals surface area (Å²) in [6.07, 6.45) is 0. The van der Waals surface area contributed by atoms with E-state index in [0.717, 1.165) is 16.2 Å². The molecule has 1 aromatic rings. The number of carboxylic acid groups (broad SMARTS) is 1. The van der Waals surface area contributed by atoms with Crippen LogP contribution in [0.25, 0.3) is 0 Å². The molecule has 11 nitrogen and oxygen atoms in total. The summed E-state index contributed by atoms with van der Waals surface area (Å²) in [4.78, 5) is 46.4. The number of nitrogens with two attached hydrogens (primary N) is 1. The van der Waals surface area contributed by atoms with Crippen LogP contribution in [0.1, 0.15) is 5.69 Å². The molecule has 2 atom stereocenters. The SMILES string of the molecule is COCC1=C(C(=O)[O-])N2C(=O)[C@@H](NC(=O)C(=NOC)c3csc(N)n3)[C@H]2SC1.[Na+]. The predicted molar refractivity (Wildman–Crippen MR) is 99.0 cm³/mol. The number of thiazole rings is 1. The van der Waals surface area contributed by atoms with E-state index in [1.165, 1.54) is 31.4 Å². The van der Waals surface area contributed by atoms with Gasteiger partial charge in [-0.25, -0.2) is 4.98 Å². The molecule has 14 heteroatoms. The van der Waals surface area contributed by atoms with Crippen molar-refractivity contribution in [2.24, 2.45) is 5.16 Å². The summed E-state index contributed by atoms with van der Waals surface area (Å²) in [5.41, 5.74) is 5.88. The Balaban J connectivity index is 0.00000300. The molecule has 0 radical (unpaired) electrons. The molecular formula is C15H16N5NaO6S2. The van der Waals surface area contributed by atoms with Gasteiger partial charge in [-0.2, -0.15) is 0 Å². The van der Waals surface area contributed by atoms with E-state index >= 15 is 0 Å². The summed E-state index contributed by atoms with van der Waals surface area (Å²) < 4.78 is 4.99. The van der Waals surface area contributed by atoms with E-state index in [9.17, 15) is 19.5 Å². The molecule has 2 aliphatic heterocycles. The van der Waals surface area contributed by atoms with Crippen molar-refractivity contribution in [2.45, 2.75) is 11.4 Å². The number of hydrogen-bond donors (Lipinski definition) is 2. The zero-order chi connectivity index (χ0) is 20.4. The molecular weight excluding hydrogens is 433 g/mol. The van der Waals surface area contributed by atoms with Crippen LogP contribution < -0.4 is 45.7 Å². The van der Waals surface area contributed by atoms with E-state index in [4.69, 9.17) is 10.5 Å². The largest absolute Gasteiger partial charge is 1.00 e. The first-order valence-corrected chi connectivity index (χ1v) is 9.82. The van der Waals surface area contributed by atoms with E-state index in [0.29, 0.717) is 11.3 Å². The molecule has 0 saturated carbocycles. The van der Waals surface area contributed by atoms with Crippen molar-refractivity contribution in [1.82, 2.24) is 15.2 Å². The summed E-state index contributed by atoms with van der Waals surface area (Å²) in [7, 11) is 2.70. The third-order valence-electron chi connectivity index (χ3n) is 4.01. The Morgan fingerprint density at radius 1 is 1.48 bits per heavy atom. The maximum absolute atomic E-state index is 12.6. The number of anilines is 1.